The highest BCUT2D eigenvalue weighted by molar-refractivity contribution is 7.09. The molecule has 0 saturated heterocycles. The Hall–Kier alpha value is -1.77. The van der Waals surface area contributed by atoms with Gasteiger partial charge < -0.3 is 4.74 Å². The molecule has 3 heteroatoms. The largest absolute Gasteiger partial charge is 0.497 e. The van der Waals surface area contributed by atoms with E-state index in [1.165, 1.54) is 16.0 Å². The monoisotopic (exact) mass is 346 g/mol. The van der Waals surface area contributed by atoms with E-state index < -0.39 is 0 Å². The fraction of sp³-hybridized carbons (Fsp3) is 0.200. The van der Waals surface area contributed by atoms with Crippen LogP contribution in [-0.2, 0) is 0 Å². The van der Waals surface area contributed by atoms with E-state index in [0.29, 0.717) is 0 Å². The number of ether oxygens (including phenoxy) is 1. The molecule has 3 rings (SSSR count). The Morgan fingerprint density at radius 1 is 0.783 bits per heavy atom. The first-order valence-electron chi connectivity index (χ1n) is 7.34. The highest BCUT2D eigenvalue weighted by atomic mass is 35.5. The topological polar surface area (TPSA) is 9.23 Å². The van der Waals surface area contributed by atoms with Gasteiger partial charge in [-0.1, -0.05) is 53.1 Å². The van der Waals surface area contributed by atoms with Crippen molar-refractivity contribution in [3.8, 4) is 5.75 Å². The number of rotatable bonds is 1. The van der Waals surface area contributed by atoms with Crippen molar-refractivity contribution in [3.05, 3.63) is 87.1 Å². The molecule has 2 aromatic carbocycles. The van der Waals surface area contributed by atoms with Crippen molar-refractivity contribution in [2.24, 2.45) is 0 Å². The number of halogens is 1. The fourth-order valence-corrected chi connectivity index (χ4v) is 2.22. The zero-order valence-corrected chi connectivity index (χ0v) is 15.6. The Morgan fingerprint density at radius 3 is 1.61 bits per heavy atom. The Kier molecular flexibility index (Phi) is 9.11. The normalized spacial score (nSPS) is 9.09. The molecule has 3 aromatic rings. The van der Waals surface area contributed by atoms with Crippen LogP contribution in [0, 0.1) is 20.8 Å². The smallest absolute Gasteiger partial charge is 0.118 e. The predicted molar refractivity (Wildman–Crippen MR) is 103 cm³/mol. The molecule has 0 N–H and O–H groups in total. The second-order valence-corrected chi connectivity index (χ2v) is 6.62. The van der Waals surface area contributed by atoms with Gasteiger partial charge in [0.1, 0.15) is 5.75 Å². The quantitative estimate of drug-likeness (QED) is 0.475. The van der Waals surface area contributed by atoms with Crippen LogP contribution >= 0.6 is 22.9 Å². The maximum atomic E-state index is 5.61. The van der Waals surface area contributed by atoms with E-state index in [-0.39, 0.29) is 0 Å². The van der Waals surface area contributed by atoms with E-state index in [1.54, 1.807) is 18.4 Å². The van der Waals surface area contributed by atoms with Gasteiger partial charge in [-0.05, 0) is 56.5 Å². The molecule has 1 heterocycles. The third kappa shape index (κ3) is 9.07. The molecule has 0 aliphatic carbocycles. The summed E-state index contributed by atoms with van der Waals surface area (Å²) in [4.78, 5) is 1.38. The number of methoxy groups -OCH3 is 1. The molecule has 0 radical (unpaired) electrons. The second-order valence-electron chi connectivity index (χ2n) is 5.04. The summed E-state index contributed by atoms with van der Waals surface area (Å²) in [6, 6.07) is 19.9. The summed E-state index contributed by atoms with van der Waals surface area (Å²) in [7, 11) is 1.67. The molecule has 23 heavy (non-hydrogen) atoms. The summed E-state index contributed by atoms with van der Waals surface area (Å²) < 4.78 is 4.97. The fourth-order valence-electron chi connectivity index (χ4n) is 1.57. The van der Waals surface area contributed by atoms with Crippen molar-refractivity contribution in [1.29, 1.82) is 0 Å². The molecule has 0 amide bonds. The van der Waals surface area contributed by atoms with Gasteiger partial charge in [-0.3, -0.25) is 0 Å². The lowest BCUT2D eigenvalue weighted by atomic mass is 10.2. The van der Waals surface area contributed by atoms with Crippen LogP contribution in [0.3, 0.4) is 0 Å². The number of thiophene rings is 1. The van der Waals surface area contributed by atoms with Gasteiger partial charge in [0.05, 0.1) is 7.11 Å². The van der Waals surface area contributed by atoms with Gasteiger partial charge in [0.25, 0.3) is 0 Å². The predicted octanol–water partition coefficient (Wildman–Crippen LogP) is 6.71. The zero-order chi connectivity index (χ0) is 17.1. The Morgan fingerprint density at radius 2 is 1.30 bits per heavy atom. The van der Waals surface area contributed by atoms with Gasteiger partial charge in [-0.2, -0.15) is 0 Å². The average molecular weight is 347 g/mol. The minimum Gasteiger partial charge on any atom is -0.497 e. The van der Waals surface area contributed by atoms with Gasteiger partial charge in [-0.25, -0.2) is 0 Å². The van der Waals surface area contributed by atoms with Crippen LogP contribution in [0.15, 0.2) is 66.0 Å². The standard InChI is InChI=1S/C8H10O.C7H7Cl.C5H6S/c1-7-3-5-8(9-2)6-4-7;1-6-2-4-7(8)5-3-6;1-5-3-2-4-6-5/h3-6H,1-2H3;2-5H,1H3;2-4H,1H3. The van der Waals surface area contributed by atoms with E-state index in [0.717, 1.165) is 10.8 Å². The Balaban J connectivity index is 0.000000176. The first kappa shape index (κ1) is 19.3. The lowest BCUT2D eigenvalue weighted by Gasteiger charge is -1.97. The minimum atomic E-state index is 0.801. The van der Waals surface area contributed by atoms with Crippen LogP contribution in [0.2, 0.25) is 5.02 Å². The molecule has 0 aliphatic heterocycles. The summed E-state index contributed by atoms with van der Waals surface area (Å²) in [5, 5.41) is 2.88. The van der Waals surface area contributed by atoms with Crippen LogP contribution in [0.1, 0.15) is 16.0 Å². The molecule has 0 aliphatic rings. The highest BCUT2D eigenvalue weighted by Crippen LogP contribution is 2.09. The molecule has 0 unspecified atom stereocenters. The third-order valence-electron chi connectivity index (χ3n) is 2.93. The van der Waals surface area contributed by atoms with E-state index in [2.05, 4.69) is 31.4 Å². The van der Waals surface area contributed by atoms with Crippen molar-refractivity contribution < 1.29 is 4.74 Å². The number of hydrogen-bond acceptors (Lipinski definition) is 2. The van der Waals surface area contributed by atoms with Crippen LogP contribution in [-0.4, -0.2) is 7.11 Å². The van der Waals surface area contributed by atoms with Crippen molar-refractivity contribution in [2.75, 3.05) is 7.11 Å². The lowest BCUT2D eigenvalue weighted by molar-refractivity contribution is 0.414. The van der Waals surface area contributed by atoms with Crippen molar-refractivity contribution in [3.63, 3.8) is 0 Å². The highest BCUT2D eigenvalue weighted by Gasteiger charge is 1.85. The van der Waals surface area contributed by atoms with E-state index in [9.17, 15) is 0 Å². The molecule has 1 aromatic heterocycles. The van der Waals surface area contributed by atoms with Crippen LogP contribution < -0.4 is 4.74 Å². The second kappa shape index (κ2) is 10.9. The molecular formula is C20H23ClOS. The van der Waals surface area contributed by atoms with Crippen molar-refractivity contribution >= 4 is 22.9 Å². The van der Waals surface area contributed by atoms with Crippen molar-refractivity contribution in [1.82, 2.24) is 0 Å². The SMILES string of the molecule is COc1ccc(C)cc1.Cc1ccc(Cl)cc1.Cc1cccs1. The molecule has 0 bridgehead atoms. The molecule has 122 valence electrons. The van der Waals surface area contributed by atoms with Crippen molar-refractivity contribution in [2.45, 2.75) is 20.8 Å². The molecular weight excluding hydrogens is 324 g/mol. The Labute approximate surface area is 148 Å². The van der Waals surface area contributed by atoms with E-state index >= 15 is 0 Å². The van der Waals surface area contributed by atoms with Crippen LogP contribution in [0.4, 0.5) is 0 Å². The summed E-state index contributed by atoms with van der Waals surface area (Å²) in [5.74, 6) is 0.917. The maximum absolute atomic E-state index is 5.61. The van der Waals surface area contributed by atoms with Gasteiger partial charge in [0.2, 0.25) is 0 Å². The first-order chi connectivity index (χ1) is 11.0. The van der Waals surface area contributed by atoms with Gasteiger partial charge in [-0.15, -0.1) is 11.3 Å². The molecule has 0 atom stereocenters. The van der Waals surface area contributed by atoms with E-state index in [4.69, 9.17) is 16.3 Å². The minimum absolute atomic E-state index is 0.801. The lowest BCUT2D eigenvalue weighted by Crippen LogP contribution is -1.80. The summed E-state index contributed by atoms with van der Waals surface area (Å²) in [5.41, 5.74) is 2.50. The van der Waals surface area contributed by atoms with Gasteiger partial charge >= 0.3 is 0 Å². The summed E-state index contributed by atoms with van der Waals surface area (Å²) in [6.07, 6.45) is 0. The molecule has 0 fully saturated rings. The van der Waals surface area contributed by atoms with Crippen LogP contribution in [0.25, 0.3) is 0 Å². The molecule has 0 spiro atoms. The maximum Gasteiger partial charge on any atom is 0.118 e. The Bertz CT molecular complexity index is 622. The van der Waals surface area contributed by atoms with Crippen LogP contribution in [0.5, 0.6) is 5.75 Å². The summed E-state index contributed by atoms with van der Waals surface area (Å²) >= 11 is 7.39. The third-order valence-corrected chi connectivity index (χ3v) is 3.98. The molecule has 0 saturated carbocycles. The zero-order valence-electron chi connectivity index (χ0n) is 14.0. The van der Waals surface area contributed by atoms with E-state index in [1.807, 2.05) is 55.5 Å². The number of hydrogen-bond donors (Lipinski definition) is 0. The first-order valence-corrected chi connectivity index (χ1v) is 8.60. The van der Waals surface area contributed by atoms with Gasteiger partial charge in [0.15, 0.2) is 0 Å². The molecule has 1 nitrogen and oxygen atoms in total. The number of benzene rings is 2. The number of aryl methyl sites for hydroxylation is 3. The summed E-state index contributed by atoms with van der Waals surface area (Å²) in [6.45, 7) is 6.19. The van der Waals surface area contributed by atoms with Gasteiger partial charge in [0, 0.05) is 9.90 Å². The average Bonchev–Trinajstić information content (AvgIpc) is 3.03.